The quantitative estimate of drug-likeness (QED) is 0.222. The minimum Gasteiger partial charge on any atom is -0.326 e. The molecule has 0 radical (unpaired) electrons. The van der Waals surface area contributed by atoms with E-state index in [2.05, 4.69) is 17.2 Å². The highest BCUT2D eigenvalue weighted by Gasteiger charge is 2.67. The monoisotopic (exact) mass is 544 g/mol. The van der Waals surface area contributed by atoms with E-state index < -0.39 is 39.6 Å². The molecule has 1 aliphatic rings. The van der Waals surface area contributed by atoms with E-state index in [1.807, 2.05) is 0 Å². The SMILES string of the molecule is C=C(/C=C\C(F)=C(/C)C(=O)Nc1ccc(F)cc1)NC(=O)C1C(c2ccc(Cl)c(Cl)c2)C1(Cl)Cl. The number of hydrogen-bond acceptors (Lipinski definition) is 2. The molecule has 3 rings (SSSR count). The fourth-order valence-electron chi connectivity index (χ4n) is 3.22. The molecular formula is C24H18Cl4F2N2O2. The van der Waals surface area contributed by atoms with Gasteiger partial charge in [0.05, 0.1) is 16.0 Å². The zero-order valence-corrected chi connectivity index (χ0v) is 20.7. The average molecular weight is 546 g/mol. The molecule has 178 valence electrons. The van der Waals surface area contributed by atoms with Crippen LogP contribution < -0.4 is 10.6 Å². The number of benzene rings is 2. The van der Waals surface area contributed by atoms with Crippen molar-refractivity contribution in [1.82, 2.24) is 5.32 Å². The molecule has 1 fully saturated rings. The predicted molar refractivity (Wildman–Crippen MR) is 132 cm³/mol. The van der Waals surface area contributed by atoms with E-state index >= 15 is 0 Å². The normalized spacial score (nSPS) is 19.4. The third-order valence-electron chi connectivity index (χ3n) is 5.15. The van der Waals surface area contributed by atoms with Crippen molar-refractivity contribution in [3.8, 4) is 0 Å². The molecular weight excluding hydrogens is 528 g/mol. The Morgan fingerprint density at radius 1 is 1.06 bits per heavy atom. The molecule has 2 atom stereocenters. The molecule has 2 N–H and O–H groups in total. The molecule has 0 aliphatic heterocycles. The van der Waals surface area contributed by atoms with Crippen LogP contribution in [-0.2, 0) is 9.59 Å². The maximum atomic E-state index is 14.4. The maximum absolute atomic E-state index is 14.4. The van der Waals surface area contributed by atoms with Gasteiger partial charge in [-0.2, -0.15) is 0 Å². The Hall–Kier alpha value is -2.38. The zero-order chi connectivity index (χ0) is 25.2. The minimum atomic E-state index is -1.36. The molecule has 0 saturated heterocycles. The number of rotatable bonds is 7. The zero-order valence-electron chi connectivity index (χ0n) is 17.6. The molecule has 0 bridgehead atoms. The molecule has 34 heavy (non-hydrogen) atoms. The van der Waals surface area contributed by atoms with Gasteiger partial charge in [0.1, 0.15) is 16.0 Å². The Kier molecular flexibility index (Phi) is 8.09. The largest absolute Gasteiger partial charge is 0.326 e. The highest BCUT2D eigenvalue weighted by atomic mass is 35.5. The lowest BCUT2D eigenvalue weighted by molar-refractivity contribution is -0.121. The van der Waals surface area contributed by atoms with Gasteiger partial charge in [0.2, 0.25) is 5.91 Å². The molecule has 0 heterocycles. The fraction of sp³-hybridized carbons (Fsp3) is 0.167. The second-order valence-electron chi connectivity index (χ2n) is 7.59. The van der Waals surface area contributed by atoms with Gasteiger partial charge in [-0.25, -0.2) is 8.78 Å². The van der Waals surface area contributed by atoms with Crippen LogP contribution >= 0.6 is 46.4 Å². The first kappa shape index (κ1) is 26.2. The number of halogens is 6. The van der Waals surface area contributed by atoms with E-state index in [4.69, 9.17) is 46.4 Å². The first-order valence-corrected chi connectivity index (χ1v) is 11.4. The van der Waals surface area contributed by atoms with Crippen LogP contribution in [0.5, 0.6) is 0 Å². The Balaban J connectivity index is 1.61. The van der Waals surface area contributed by atoms with Crippen LogP contribution in [0.4, 0.5) is 14.5 Å². The summed E-state index contributed by atoms with van der Waals surface area (Å²) in [6.45, 7) is 4.94. The minimum absolute atomic E-state index is 0.0656. The van der Waals surface area contributed by atoms with Crippen LogP contribution in [0.15, 0.2) is 78.3 Å². The van der Waals surface area contributed by atoms with Gasteiger partial charge in [0.15, 0.2) is 0 Å². The Morgan fingerprint density at radius 2 is 1.71 bits per heavy atom. The van der Waals surface area contributed by atoms with E-state index in [9.17, 15) is 18.4 Å². The molecule has 2 unspecified atom stereocenters. The van der Waals surface area contributed by atoms with Gasteiger partial charge in [-0.15, -0.1) is 23.2 Å². The summed E-state index contributed by atoms with van der Waals surface area (Å²) >= 11 is 24.6. The van der Waals surface area contributed by atoms with Crippen molar-refractivity contribution in [2.24, 2.45) is 5.92 Å². The van der Waals surface area contributed by atoms with Crippen molar-refractivity contribution in [2.75, 3.05) is 5.32 Å². The summed E-state index contributed by atoms with van der Waals surface area (Å²) in [7, 11) is 0. The smallest absolute Gasteiger partial charge is 0.254 e. The lowest BCUT2D eigenvalue weighted by atomic mass is 10.1. The first-order chi connectivity index (χ1) is 15.9. The Bertz CT molecular complexity index is 1210. The van der Waals surface area contributed by atoms with E-state index in [-0.39, 0.29) is 11.3 Å². The van der Waals surface area contributed by atoms with Gasteiger partial charge in [0.25, 0.3) is 5.91 Å². The number of anilines is 1. The van der Waals surface area contributed by atoms with Crippen LogP contribution in [0, 0.1) is 11.7 Å². The predicted octanol–water partition coefficient (Wildman–Crippen LogP) is 7.09. The van der Waals surface area contributed by atoms with Gasteiger partial charge < -0.3 is 10.6 Å². The second-order valence-corrected chi connectivity index (χ2v) is 9.84. The van der Waals surface area contributed by atoms with Crippen LogP contribution in [0.25, 0.3) is 0 Å². The molecule has 0 spiro atoms. The van der Waals surface area contributed by atoms with E-state index in [1.165, 1.54) is 37.3 Å². The number of amides is 2. The van der Waals surface area contributed by atoms with Gasteiger partial charge in [-0.05, 0) is 61.0 Å². The van der Waals surface area contributed by atoms with Gasteiger partial charge in [-0.1, -0.05) is 35.8 Å². The van der Waals surface area contributed by atoms with E-state index in [0.717, 1.165) is 6.08 Å². The molecule has 1 aliphatic carbocycles. The highest BCUT2D eigenvalue weighted by Crippen LogP contribution is 2.65. The summed E-state index contributed by atoms with van der Waals surface area (Å²) < 4.78 is 26.0. The summed E-state index contributed by atoms with van der Waals surface area (Å²) in [6, 6.07) is 9.89. The van der Waals surface area contributed by atoms with Crippen LogP contribution in [0.2, 0.25) is 10.0 Å². The molecule has 2 aromatic rings. The molecule has 4 nitrogen and oxygen atoms in total. The highest BCUT2D eigenvalue weighted by molar-refractivity contribution is 6.53. The van der Waals surface area contributed by atoms with Crippen LogP contribution in [-0.4, -0.2) is 16.1 Å². The topological polar surface area (TPSA) is 58.2 Å². The summed E-state index contributed by atoms with van der Waals surface area (Å²) in [5.41, 5.74) is 0.807. The van der Waals surface area contributed by atoms with Gasteiger partial charge in [0, 0.05) is 22.9 Å². The fourth-order valence-corrected chi connectivity index (χ4v) is 4.35. The van der Waals surface area contributed by atoms with Crippen LogP contribution in [0.1, 0.15) is 18.4 Å². The lowest BCUT2D eigenvalue weighted by Gasteiger charge is -2.06. The van der Waals surface area contributed by atoms with Crippen molar-refractivity contribution in [3.63, 3.8) is 0 Å². The summed E-state index contributed by atoms with van der Waals surface area (Å²) in [5.74, 6) is -3.84. The maximum Gasteiger partial charge on any atom is 0.254 e. The number of alkyl halides is 2. The van der Waals surface area contributed by atoms with Crippen molar-refractivity contribution in [2.45, 2.75) is 17.2 Å². The van der Waals surface area contributed by atoms with Crippen molar-refractivity contribution in [1.29, 1.82) is 0 Å². The number of carbonyl (C=O) groups is 2. The number of hydrogen-bond donors (Lipinski definition) is 2. The van der Waals surface area contributed by atoms with Crippen molar-refractivity contribution < 1.29 is 18.4 Å². The molecule has 10 heteroatoms. The lowest BCUT2D eigenvalue weighted by Crippen LogP contribution is -2.25. The summed E-state index contributed by atoms with van der Waals surface area (Å²) in [6.07, 6.45) is 2.18. The van der Waals surface area contributed by atoms with E-state index in [0.29, 0.717) is 21.3 Å². The second kappa shape index (κ2) is 10.5. The Morgan fingerprint density at radius 3 is 2.32 bits per heavy atom. The Labute approximate surface area is 215 Å². The number of carbonyl (C=O) groups excluding carboxylic acids is 2. The molecule has 1 saturated carbocycles. The summed E-state index contributed by atoms with van der Waals surface area (Å²) in [5, 5.41) is 5.64. The number of nitrogens with one attached hydrogen (secondary N) is 2. The third kappa shape index (κ3) is 5.99. The van der Waals surface area contributed by atoms with E-state index in [1.54, 1.807) is 18.2 Å². The van der Waals surface area contributed by atoms with Crippen LogP contribution in [0.3, 0.4) is 0 Å². The summed E-state index contributed by atoms with van der Waals surface area (Å²) in [4.78, 5) is 24.8. The molecule has 2 amide bonds. The van der Waals surface area contributed by atoms with Gasteiger partial charge >= 0.3 is 0 Å². The molecule has 2 aromatic carbocycles. The van der Waals surface area contributed by atoms with Crippen molar-refractivity contribution >= 4 is 63.9 Å². The first-order valence-electron chi connectivity index (χ1n) is 9.85. The average Bonchev–Trinajstić information content (AvgIpc) is 3.36. The third-order valence-corrected chi connectivity index (χ3v) is 6.83. The standard InChI is InChI=1S/C24H18Cl4F2N2O2/c1-12(3-10-19(30)13(2)22(33)32-16-7-5-15(29)6-8-16)31-23(34)21-20(24(21,27)28)14-4-9-17(25)18(26)11-14/h3-11,20-21H,1H2,2H3,(H,31,34)(H,32,33)/b10-3-,19-13-. The van der Waals surface area contributed by atoms with Gasteiger partial charge in [-0.3, -0.25) is 9.59 Å². The van der Waals surface area contributed by atoms with Crippen molar-refractivity contribution in [3.05, 3.63) is 99.7 Å². The number of allylic oxidation sites excluding steroid dienone is 3. The molecule has 0 aromatic heterocycles.